The number of pyridine rings is 1. The second-order valence-electron chi connectivity index (χ2n) is 4.07. The van der Waals surface area contributed by atoms with Gasteiger partial charge in [0.15, 0.2) is 0 Å². The zero-order valence-corrected chi connectivity index (χ0v) is 11.8. The van der Waals surface area contributed by atoms with Gasteiger partial charge in [0.25, 0.3) is 0 Å². The van der Waals surface area contributed by atoms with Crippen LogP contribution in [0.5, 0.6) is 5.75 Å². The van der Waals surface area contributed by atoms with E-state index < -0.39 is 7.05 Å². The zero-order valence-electron chi connectivity index (χ0n) is 9.44. The quantitative estimate of drug-likeness (QED) is 0.682. The van der Waals surface area contributed by atoms with Crippen LogP contribution in [-0.2, 0) is 0 Å². The fourth-order valence-corrected chi connectivity index (χ4v) is 2.24. The summed E-state index contributed by atoms with van der Waals surface area (Å²) in [5.74, 6) is 0.679. The lowest BCUT2D eigenvalue weighted by Gasteiger charge is -2.41. The minimum Gasteiger partial charge on any atom is -0.490 e. The smallest absolute Gasteiger partial charge is 0.376 e. The van der Waals surface area contributed by atoms with E-state index in [1.165, 1.54) is 0 Å². The molecule has 92 valence electrons. The molecule has 1 aliphatic rings. The fraction of sp³-hybridized carbons (Fsp3) is 0.500. The summed E-state index contributed by atoms with van der Waals surface area (Å²) in [6.07, 6.45) is 2.64. The van der Waals surface area contributed by atoms with Crippen LogP contribution in [0.1, 0.15) is 6.42 Å². The first-order valence-corrected chi connectivity index (χ1v) is 6.62. The van der Waals surface area contributed by atoms with Crippen molar-refractivity contribution in [3.63, 3.8) is 0 Å². The van der Waals surface area contributed by atoms with Gasteiger partial charge in [0, 0.05) is 6.04 Å². The topological polar surface area (TPSA) is 45.6 Å². The predicted octanol–water partition coefficient (Wildman–Crippen LogP) is 2.06. The Hall–Kier alpha value is -0.295. The Kier molecular flexibility index (Phi) is 4.30. The minimum atomic E-state index is -0.410. The molecule has 1 saturated heterocycles. The second kappa shape index (κ2) is 5.56. The summed E-state index contributed by atoms with van der Waals surface area (Å²) < 4.78 is 6.34. The van der Waals surface area contributed by atoms with Crippen LogP contribution in [0.15, 0.2) is 16.7 Å². The molecular formula is C10H13BBrClN2O2. The third kappa shape index (κ3) is 3.13. The summed E-state index contributed by atoms with van der Waals surface area (Å²) in [4.78, 5) is 5.98. The molecule has 1 aromatic rings. The average molecular weight is 319 g/mol. The van der Waals surface area contributed by atoms with Crippen molar-refractivity contribution in [3.8, 4) is 5.75 Å². The largest absolute Gasteiger partial charge is 0.490 e. The number of nitrogens with zero attached hydrogens (tertiary/aromatic N) is 2. The molecule has 0 aliphatic carbocycles. The highest BCUT2D eigenvalue weighted by molar-refractivity contribution is 9.10. The fourth-order valence-electron chi connectivity index (χ4n) is 1.81. The van der Waals surface area contributed by atoms with Crippen LogP contribution in [0.2, 0.25) is 12.0 Å². The lowest BCUT2D eigenvalue weighted by Crippen LogP contribution is -2.57. The van der Waals surface area contributed by atoms with Crippen LogP contribution in [0.25, 0.3) is 0 Å². The standard InChI is InChI=1S/C10H13BBrClN2O2/c1-11(16)15-3-2-7(15)6-17-8-4-9(12)10(13)14-5-8/h4-5,7,16H,2-3,6H2,1H3/t7-/m0/s1. The number of hydrogen-bond donors (Lipinski definition) is 1. The first-order chi connectivity index (χ1) is 8.08. The van der Waals surface area contributed by atoms with Crippen molar-refractivity contribution in [1.29, 1.82) is 0 Å². The number of rotatable bonds is 4. The highest BCUT2D eigenvalue weighted by Crippen LogP contribution is 2.25. The molecule has 1 aromatic heterocycles. The van der Waals surface area contributed by atoms with Crippen LogP contribution in [0, 0.1) is 0 Å². The molecule has 0 amide bonds. The van der Waals surface area contributed by atoms with Gasteiger partial charge in [-0.15, -0.1) is 0 Å². The molecule has 0 unspecified atom stereocenters. The third-order valence-electron chi connectivity index (χ3n) is 2.88. The van der Waals surface area contributed by atoms with E-state index >= 15 is 0 Å². The van der Waals surface area contributed by atoms with Gasteiger partial charge in [0.2, 0.25) is 0 Å². The molecule has 7 heteroatoms. The van der Waals surface area contributed by atoms with Crippen molar-refractivity contribution >= 4 is 34.6 Å². The van der Waals surface area contributed by atoms with Crippen molar-refractivity contribution in [3.05, 3.63) is 21.9 Å². The molecular weight excluding hydrogens is 306 g/mol. The van der Waals surface area contributed by atoms with Crippen molar-refractivity contribution in [1.82, 2.24) is 9.79 Å². The SMILES string of the molecule is CB(O)N1CC[C@H]1COc1cnc(Cl)c(Br)c1. The van der Waals surface area contributed by atoms with E-state index in [1.807, 2.05) is 4.81 Å². The van der Waals surface area contributed by atoms with E-state index in [0.717, 1.165) is 17.4 Å². The van der Waals surface area contributed by atoms with E-state index in [2.05, 4.69) is 20.9 Å². The van der Waals surface area contributed by atoms with Crippen LogP contribution < -0.4 is 4.74 Å². The Morgan fingerprint density at radius 2 is 2.53 bits per heavy atom. The first-order valence-electron chi connectivity index (χ1n) is 5.45. The maximum Gasteiger partial charge on any atom is 0.376 e. The molecule has 4 nitrogen and oxygen atoms in total. The molecule has 1 aliphatic heterocycles. The summed E-state index contributed by atoms with van der Waals surface area (Å²) in [6, 6.07) is 2.07. The van der Waals surface area contributed by atoms with Gasteiger partial charge in [-0.1, -0.05) is 11.6 Å². The highest BCUT2D eigenvalue weighted by atomic mass is 79.9. The Bertz CT molecular complexity index is 408. The van der Waals surface area contributed by atoms with Crippen molar-refractivity contribution in [2.45, 2.75) is 19.3 Å². The first kappa shape index (κ1) is 13.1. The van der Waals surface area contributed by atoms with Gasteiger partial charge < -0.3 is 14.6 Å². The molecule has 2 rings (SSSR count). The Morgan fingerprint density at radius 3 is 3.06 bits per heavy atom. The molecule has 17 heavy (non-hydrogen) atoms. The monoisotopic (exact) mass is 318 g/mol. The predicted molar refractivity (Wildman–Crippen MR) is 71.4 cm³/mol. The third-order valence-corrected chi connectivity index (χ3v) is 4.02. The number of hydrogen-bond acceptors (Lipinski definition) is 4. The minimum absolute atomic E-state index is 0.282. The van der Waals surface area contributed by atoms with Gasteiger partial charge in [-0.05, 0) is 41.8 Å². The molecule has 1 atom stereocenters. The van der Waals surface area contributed by atoms with E-state index in [1.54, 1.807) is 19.1 Å². The number of aromatic nitrogens is 1. The Balaban J connectivity index is 1.88. The maximum absolute atomic E-state index is 9.45. The lowest BCUT2D eigenvalue weighted by molar-refractivity contribution is 0.110. The van der Waals surface area contributed by atoms with Gasteiger partial charge in [0.05, 0.1) is 10.7 Å². The summed E-state index contributed by atoms with van der Waals surface area (Å²) >= 11 is 9.09. The second-order valence-corrected chi connectivity index (χ2v) is 5.28. The molecule has 0 radical (unpaired) electrons. The zero-order chi connectivity index (χ0) is 12.4. The number of ether oxygens (including phenoxy) is 1. The van der Waals surface area contributed by atoms with Gasteiger partial charge >= 0.3 is 7.05 Å². The lowest BCUT2D eigenvalue weighted by atomic mass is 9.78. The van der Waals surface area contributed by atoms with Gasteiger partial charge in [0.1, 0.15) is 17.5 Å². The van der Waals surface area contributed by atoms with Crippen molar-refractivity contribution in [2.75, 3.05) is 13.2 Å². The van der Waals surface area contributed by atoms with Crippen molar-refractivity contribution < 1.29 is 9.76 Å². The normalized spacial score (nSPS) is 19.9. The van der Waals surface area contributed by atoms with Gasteiger partial charge in [-0.25, -0.2) is 4.98 Å². The molecule has 2 heterocycles. The number of halogens is 2. The molecule has 0 bridgehead atoms. The maximum atomic E-state index is 9.45. The van der Waals surface area contributed by atoms with Crippen LogP contribution >= 0.6 is 27.5 Å². The highest BCUT2D eigenvalue weighted by Gasteiger charge is 2.33. The van der Waals surface area contributed by atoms with Gasteiger partial charge in [-0.3, -0.25) is 0 Å². The van der Waals surface area contributed by atoms with Crippen LogP contribution in [-0.4, -0.2) is 41.1 Å². The van der Waals surface area contributed by atoms with E-state index in [0.29, 0.717) is 17.5 Å². The average Bonchev–Trinajstić information content (AvgIpc) is 2.21. The van der Waals surface area contributed by atoms with Crippen LogP contribution in [0.3, 0.4) is 0 Å². The molecule has 0 saturated carbocycles. The Morgan fingerprint density at radius 1 is 1.76 bits per heavy atom. The summed E-state index contributed by atoms with van der Waals surface area (Å²) in [7, 11) is -0.410. The summed E-state index contributed by atoms with van der Waals surface area (Å²) in [5.41, 5.74) is 0. The molecule has 1 N–H and O–H groups in total. The van der Waals surface area contributed by atoms with Crippen molar-refractivity contribution in [2.24, 2.45) is 0 Å². The van der Waals surface area contributed by atoms with Crippen LogP contribution in [0.4, 0.5) is 0 Å². The van der Waals surface area contributed by atoms with Gasteiger partial charge in [-0.2, -0.15) is 0 Å². The molecule has 1 fully saturated rings. The van der Waals surface area contributed by atoms with E-state index in [9.17, 15) is 5.02 Å². The van der Waals surface area contributed by atoms with E-state index in [-0.39, 0.29) is 6.04 Å². The summed E-state index contributed by atoms with van der Waals surface area (Å²) in [5, 5.41) is 9.88. The molecule has 0 aromatic carbocycles. The Labute approximate surface area is 114 Å². The summed E-state index contributed by atoms with van der Waals surface area (Å²) in [6.45, 7) is 3.25. The van der Waals surface area contributed by atoms with E-state index in [4.69, 9.17) is 16.3 Å². The molecule has 0 spiro atoms.